The summed E-state index contributed by atoms with van der Waals surface area (Å²) in [5.41, 5.74) is 0.275. The quantitative estimate of drug-likeness (QED) is 0.769. The van der Waals surface area contributed by atoms with Gasteiger partial charge in [-0.2, -0.15) is 0 Å². The molecule has 2 heterocycles. The molecule has 1 atom stereocenters. The predicted molar refractivity (Wildman–Crippen MR) is 69.0 cm³/mol. The van der Waals surface area contributed by atoms with Crippen LogP contribution in [0.4, 0.5) is 0 Å². The van der Waals surface area contributed by atoms with E-state index in [4.69, 9.17) is 11.6 Å². The first kappa shape index (κ1) is 11.5. The molecule has 1 unspecified atom stereocenters. The van der Waals surface area contributed by atoms with Crippen molar-refractivity contribution >= 4 is 22.5 Å². The minimum Gasteiger partial charge on any atom is -0.508 e. The van der Waals surface area contributed by atoms with E-state index in [1.165, 1.54) is 16.7 Å². The van der Waals surface area contributed by atoms with E-state index in [0.29, 0.717) is 10.9 Å². The molecule has 0 spiro atoms. The smallest absolute Gasteiger partial charge is 0.263 e. The van der Waals surface area contributed by atoms with Crippen LogP contribution in [0.15, 0.2) is 23.0 Å². The Hall–Kier alpha value is -1.59. The summed E-state index contributed by atoms with van der Waals surface area (Å²) in [6.45, 7) is 0.867. The van der Waals surface area contributed by atoms with Gasteiger partial charge in [0.1, 0.15) is 5.75 Å². The van der Waals surface area contributed by atoms with Crippen molar-refractivity contribution in [2.24, 2.45) is 0 Å². The summed E-state index contributed by atoms with van der Waals surface area (Å²) in [6.07, 6.45) is 1.75. The Morgan fingerprint density at radius 2 is 2.33 bits per heavy atom. The van der Waals surface area contributed by atoms with Crippen molar-refractivity contribution in [2.75, 3.05) is 6.54 Å². The molecule has 1 aromatic heterocycles. The van der Waals surface area contributed by atoms with Crippen molar-refractivity contribution in [3.05, 3.63) is 33.8 Å². The van der Waals surface area contributed by atoms with E-state index in [9.17, 15) is 9.90 Å². The Balaban J connectivity index is 2.28. The Kier molecular flexibility index (Phi) is 2.72. The highest BCUT2D eigenvalue weighted by Gasteiger charge is 2.21. The minimum absolute atomic E-state index is 0.0506. The van der Waals surface area contributed by atoms with Gasteiger partial charge in [-0.1, -0.05) is 0 Å². The fraction of sp³-hybridized carbons (Fsp3) is 0.333. The highest BCUT2D eigenvalue weighted by Crippen LogP contribution is 2.22. The second-order valence-electron chi connectivity index (χ2n) is 4.37. The molecule has 3 rings (SSSR count). The first-order chi connectivity index (χ1) is 8.66. The molecule has 1 aliphatic heterocycles. The number of nitrogens with zero attached hydrogens (tertiary/aromatic N) is 2. The molecule has 2 aromatic rings. The number of rotatable bonds is 1. The summed E-state index contributed by atoms with van der Waals surface area (Å²) in [7, 11) is 0. The van der Waals surface area contributed by atoms with Gasteiger partial charge in [0.2, 0.25) is 5.28 Å². The maximum atomic E-state index is 12.4. The first-order valence-electron chi connectivity index (χ1n) is 5.81. The second kappa shape index (κ2) is 4.26. The lowest BCUT2D eigenvalue weighted by atomic mass is 10.2. The Morgan fingerprint density at radius 1 is 1.50 bits per heavy atom. The van der Waals surface area contributed by atoms with Crippen LogP contribution >= 0.6 is 11.6 Å². The average Bonchev–Trinajstić information content (AvgIpc) is 2.84. The largest absolute Gasteiger partial charge is 0.508 e. The van der Waals surface area contributed by atoms with Gasteiger partial charge in [0, 0.05) is 0 Å². The van der Waals surface area contributed by atoms with Crippen molar-refractivity contribution in [1.29, 1.82) is 0 Å². The SMILES string of the molecule is O=c1c2cc(O)ccc2nc(Cl)n1C1CCCN1. The van der Waals surface area contributed by atoms with Crippen LogP contribution in [0.3, 0.4) is 0 Å². The summed E-state index contributed by atoms with van der Waals surface area (Å²) in [4.78, 5) is 16.6. The molecule has 1 aliphatic rings. The summed E-state index contributed by atoms with van der Waals surface area (Å²) in [6, 6.07) is 4.50. The zero-order valence-electron chi connectivity index (χ0n) is 9.56. The molecule has 0 amide bonds. The number of hydrogen-bond acceptors (Lipinski definition) is 4. The molecule has 1 fully saturated rings. The van der Waals surface area contributed by atoms with E-state index in [2.05, 4.69) is 10.3 Å². The van der Waals surface area contributed by atoms with Gasteiger partial charge in [-0.05, 0) is 49.2 Å². The van der Waals surface area contributed by atoms with Gasteiger partial charge in [-0.15, -0.1) is 0 Å². The molecule has 6 heteroatoms. The molecule has 1 aromatic carbocycles. The van der Waals surface area contributed by atoms with Gasteiger partial charge < -0.3 is 5.11 Å². The van der Waals surface area contributed by atoms with Crippen molar-refractivity contribution < 1.29 is 5.11 Å². The van der Waals surface area contributed by atoms with Crippen molar-refractivity contribution in [1.82, 2.24) is 14.9 Å². The summed E-state index contributed by atoms with van der Waals surface area (Å²) >= 11 is 6.08. The van der Waals surface area contributed by atoms with Gasteiger partial charge in [-0.3, -0.25) is 14.7 Å². The number of halogens is 1. The van der Waals surface area contributed by atoms with Crippen LogP contribution in [0, 0.1) is 0 Å². The predicted octanol–water partition coefficient (Wildman–Crippen LogP) is 1.64. The second-order valence-corrected chi connectivity index (χ2v) is 4.71. The standard InChI is InChI=1S/C12H12ClN3O2/c13-12-15-9-4-3-7(17)6-8(9)11(18)16(12)10-2-1-5-14-10/h3-4,6,10,14,17H,1-2,5H2. The highest BCUT2D eigenvalue weighted by atomic mass is 35.5. The molecule has 94 valence electrons. The summed E-state index contributed by atoms with van der Waals surface area (Å²) < 4.78 is 1.45. The van der Waals surface area contributed by atoms with Crippen molar-refractivity contribution in [2.45, 2.75) is 19.0 Å². The summed E-state index contributed by atoms with van der Waals surface area (Å²) in [5, 5.41) is 13.2. The Morgan fingerprint density at radius 3 is 3.06 bits per heavy atom. The lowest BCUT2D eigenvalue weighted by Gasteiger charge is -2.16. The maximum absolute atomic E-state index is 12.4. The zero-order valence-corrected chi connectivity index (χ0v) is 10.3. The molecular formula is C12H12ClN3O2. The van der Waals surface area contributed by atoms with Crippen LogP contribution in [0.5, 0.6) is 5.75 Å². The normalized spacial score (nSPS) is 19.5. The lowest BCUT2D eigenvalue weighted by molar-refractivity contribution is 0.453. The number of aromatic nitrogens is 2. The number of hydrogen-bond donors (Lipinski definition) is 2. The minimum atomic E-state index is -0.222. The van der Waals surface area contributed by atoms with Crippen LogP contribution in [-0.2, 0) is 0 Å². The highest BCUT2D eigenvalue weighted by molar-refractivity contribution is 6.28. The van der Waals surface area contributed by atoms with Gasteiger partial charge in [0.25, 0.3) is 5.56 Å². The third kappa shape index (κ3) is 1.76. The van der Waals surface area contributed by atoms with Gasteiger partial charge in [0.05, 0.1) is 17.1 Å². The lowest BCUT2D eigenvalue weighted by Crippen LogP contribution is -2.31. The molecule has 0 radical (unpaired) electrons. The molecule has 2 N–H and O–H groups in total. The van der Waals surface area contributed by atoms with Gasteiger partial charge in [0.15, 0.2) is 0 Å². The average molecular weight is 266 g/mol. The molecule has 1 saturated heterocycles. The zero-order chi connectivity index (χ0) is 12.7. The van der Waals surface area contributed by atoms with E-state index in [0.717, 1.165) is 19.4 Å². The van der Waals surface area contributed by atoms with E-state index in [1.54, 1.807) is 6.07 Å². The van der Waals surface area contributed by atoms with Crippen LogP contribution in [0.25, 0.3) is 10.9 Å². The molecule has 18 heavy (non-hydrogen) atoms. The number of phenols is 1. The topological polar surface area (TPSA) is 67.1 Å². The first-order valence-corrected chi connectivity index (χ1v) is 6.19. The van der Waals surface area contributed by atoms with Crippen LogP contribution in [-0.4, -0.2) is 21.2 Å². The van der Waals surface area contributed by atoms with Crippen LogP contribution in [0.2, 0.25) is 5.28 Å². The van der Waals surface area contributed by atoms with Gasteiger partial charge in [-0.25, -0.2) is 4.98 Å². The number of benzene rings is 1. The van der Waals surface area contributed by atoms with E-state index in [-0.39, 0.29) is 22.8 Å². The number of phenolic OH excluding ortho intramolecular Hbond substituents is 1. The monoisotopic (exact) mass is 265 g/mol. The van der Waals surface area contributed by atoms with Crippen LogP contribution in [0.1, 0.15) is 19.0 Å². The van der Waals surface area contributed by atoms with Gasteiger partial charge >= 0.3 is 0 Å². The maximum Gasteiger partial charge on any atom is 0.263 e. The number of nitrogens with one attached hydrogen (secondary N) is 1. The fourth-order valence-electron chi connectivity index (χ4n) is 2.32. The fourth-order valence-corrected chi connectivity index (χ4v) is 2.60. The van der Waals surface area contributed by atoms with Crippen molar-refractivity contribution in [3.8, 4) is 5.75 Å². The molecule has 0 saturated carbocycles. The third-order valence-corrected chi connectivity index (χ3v) is 3.45. The molecule has 0 aliphatic carbocycles. The molecular weight excluding hydrogens is 254 g/mol. The number of fused-ring (bicyclic) bond motifs is 1. The van der Waals surface area contributed by atoms with Crippen molar-refractivity contribution in [3.63, 3.8) is 0 Å². The summed E-state index contributed by atoms with van der Waals surface area (Å²) in [5.74, 6) is 0.0506. The molecule has 5 nitrogen and oxygen atoms in total. The van der Waals surface area contributed by atoms with E-state index in [1.807, 2.05) is 0 Å². The number of aromatic hydroxyl groups is 1. The van der Waals surface area contributed by atoms with E-state index >= 15 is 0 Å². The van der Waals surface area contributed by atoms with Crippen LogP contribution < -0.4 is 10.9 Å². The van der Waals surface area contributed by atoms with E-state index < -0.39 is 0 Å². The third-order valence-electron chi connectivity index (χ3n) is 3.19. The Bertz CT molecular complexity index is 662. The molecule has 0 bridgehead atoms. The Labute approximate surface area is 108 Å².